The largest absolute Gasteiger partial charge is 0.508 e. The zero-order valence-electron chi connectivity index (χ0n) is 20.5. The highest BCUT2D eigenvalue weighted by molar-refractivity contribution is 6.31. The minimum absolute atomic E-state index is 0.00837. The number of benzene rings is 2. The van der Waals surface area contributed by atoms with Gasteiger partial charge in [0.25, 0.3) is 5.91 Å². The van der Waals surface area contributed by atoms with E-state index in [0.29, 0.717) is 45.5 Å². The molecule has 0 radical (unpaired) electrons. The molecular formula is C29H24Cl2N4O3. The molecule has 2 N–H and O–H groups in total. The van der Waals surface area contributed by atoms with Crippen LogP contribution >= 0.6 is 23.2 Å². The second-order valence-electron chi connectivity index (χ2n) is 10.1. The minimum Gasteiger partial charge on any atom is -0.508 e. The molecule has 1 spiro atoms. The number of piperidine rings is 1. The average Bonchev–Trinajstić information content (AvgIpc) is 3.16. The molecule has 1 fully saturated rings. The molecule has 1 saturated heterocycles. The number of hydrogen-bond donors (Lipinski definition) is 2. The Morgan fingerprint density at radius 2 is 2.00 bits per heavy atom. The number of aromatic hydroxyl groups is 1. The van der Waals surface area contributed by atoms with E-state index in [1.54, 1.807) is 31.3 Å². The fourth-order valence-electron chi connectivity index (χ4n) is 6.50. The molecule has 38 heavy (non-hydrogen) atoms. The van der Waals surface area contributed by atoms with Gasteiger partial charge in [-0.3, -0.25) is 9.59 Å². The van der Waals surface area contributed by atoms with Gasteiger partial charge in [-0.2, -0.15) is 5.10 Å². The summed E-state index contributed by atoms with van der Waals surface area (Å²) in [7, 11) is 1.62. The molecule has 3 heterocycles. The molecule has 4 aliphatic rings. The van der Waals surface area contributed by atoms with Gasteiger partial charge in [0.15, 0.2) is 0 Å². The van der Waals surface area contributed by atoms with Crippen molar-refractivity contribution >= 4 is 46.5 Å². The Hall–Kier alpha value is -3.73. The monoisotopic (exact) mass is 546 g/mol. The summed E-state index contributed by atoms with van der Waals surface area (Å²) in [4.78, 5) is 29.2. The molecule has 2 aromatic rings. The molecule has 0 bridgehead atoms. The maximum Gasteiger partial charge on any atom is 0.262 e. The Balaban J connectivity index is 1.68. The fraction of sp³-hybridized carbons (Fsp3) is 0.276. The molecule has 4 atom stereocenters. The molecule has 0 aromatic heterocycles. The number of anilines is 1. The first-order valence-corrected chi connectivity index (χ1v) is 13.0. The Labute approximate surface area is 230 Å². The molecular weight excluding hydrogens is 523 g/mol. The van der Waals surface area contributed by atoms with E-state index in [-0.39, 0.29) is 35.9 Å². The first-order chi connectivity index (χ1) is 18.2. The zero-order valence-corrected chi connectivity index (χ0v) is 22.0. The molecule has 9 heteroatoms. The van der Waals surface area contributed by atoms with Crippen LogP contribution in [0.5, 0.6) is 5.75 Å². The van der Waals surface area contributed by atoms with Gasteiger partial charge in [0, 0.05) is 40.3 Å². The van der Waals surface area contributed by atoms with Crippen molar-refractivity contribution in [2.45, 2.75) is 24.3 Å². The summed E-state index contributed by atoms with van der Waals surface area (Å²) < 4.78 is 0. The van der Waals surface area contributed by atoms with Crippen LogP contribution in [0.4, 0.5) is 5.69 Å². The Morgan fingerprint density at radius 1 is 1.18 bits per heavy atom. The number of likely N-dealkylation sites (N-methyl/N-ethyl adjacent to an activating group) is 1. The smallest absolute Gasteiger partial charge is 0.262 e. The number of rotatable bonds is 2. The van der Waals surface area contributed by atoms with Gasteiger partial charge in [-0.25, -0.2) is 5.01 Å². The maximum atomic E-state index is 14.4. The van der Waals surface area contributed by atoms with Crippen LogP contribution in [-0.4, -0.2) is 46.3 Å². The topological polar surface area (TPSA) is 85.2 Å². The van der Waals surface area contributed by atoms with Crippen LogP contribution in [0.1, 0.15) is 35.6 Å². The number of hydrogen-bond acceptors (Lipinski definition) is 5. The lowest BCUT2D eigenvalue weighted by atomic mass is 9.56. The predicted octanol–water partition coefficient (Wildman–Crippen LogP) is 4.76. The van der Waals surface area contributed by atoms with E-state index in [4.69, 9.17) is 29.6 Å². The van der Waals surface area contributed by atoms with Crippen LogP contribution in [0.2, 0.25) is 5.02 Å². The summed E-state index contributed by atoms with van der Waals surface area (Å²) in [6, 6.07) is 9.47. The second kappa shape index (κ2) is 8.93. The van der Waals surface area contributed by atoms with Crippen LogP contribution in [0.15, 0.2) is 64.8 Å². The van der Waals surface area contributed by atoms with E-state index in [2.05, 4.69) is 22.4 Å². The SMILES string of the molecule is C#Cc1ccc(O)c([C@H]2N3CC(=O)N(C)N=C3C[C@@H](C3C=CC=C(Cl)C3)[C@]23C(=O)Nc2cc(Cl)ccc23)c1. The number of amides is 2. The van der Waals surface area contributed by atoms with Crippen LogP contribution in [-0.2, 0) is 15.0 Å². The summed E-state index contributed by atoms with van der Waals surface area (Å²) in [6.45, 7) is -0.00837. The molecule has 2 amide bonds. The third-order valence-corrected chi connectivity index (χ3v) is 8.63. The van der Waals surface area contributed by atoms with Gasteiger partial charge < -0.3 is 15.3 Å². The van der Waals surface area contributed by atoms with Gasteiger partial charge in [0.1, 0.15) is 23.5 Å². The number of phenols is 1. The Morgan fingerprint density at radius 3 is 2.76 bits per heavy atom. The number of carbonyl (C=O) groups is 2. The van der Waals surface area contributed by atoms with Crippen molar-refractivity contribution in [3.8, 4) is 18.1 Å². The highest BCUT2D eigenvalue weighted by atomic mass is 35.5. The number of amidine groups is 1. The van der Waals surface area contributed by atoms with E-state index >= 15 is 0 Å². The highest BCUT2D eigenvalue weighted by Crippen LogP contribution is 2.61. The van der Waals surface area contributed by atoms with E-state index in [1.165, 1.54) is 11.1 Å². The van der Waals surface area contributed by atoms with E-state index in [9.17, 15) is 14.7 Å². The Bertz CT molecular complexity index is 1520. The van der Waals surface area contributed by atoms with Crippen molar-refractivity contribution in [2.75, 3.05) is 18.9 Å². The number of terminal acetylenes is 1. The highest BCUT2D eigenvalue weighted by Gasteiger charge is 2.64. The molecule has 0 saturated carbocycles. The van der Waals surface area contributed by atoms with Crippen molar-refractivity contribution in [2.24, 2.45) is 16.9 Å². The number of phenolic OH excluding ortho intramolecular Hbond substituents is 1. The standard InChI is InChI=1S/C29H24Cl2N4O3/c1-3-16-7-10-24(36)20(11-16)27-29(21-9-8-19(31)13-23(21)32-28(29)38)22(17-5-4-6-18(30)12-17)14-25-33-34(2)26(37)15-35(25)27/h1,4-11,13,17,22,27,36H,12,14-15H2,2H3,(H,32,38)/t17?,22-,27+,29-/m0/s1. The number of halogens is 2. The van der Waals surface area contributed by atoms with Crippen molar-refractivity contribution in [3.63, 3.8) is 0 Å². The molecule has 7 nitrogen and oxygen atoms in total. The number of nitrogens with one attached hydrogen (secondary N) is 1. The molecule has 1 aliphatic carbocycles. The van der Waals surface area contributed by atoms with E-state index in [0.717, 1.165) is 5.56 Å². The number of allylic oxidation sites excluding steroid dienone is 4. The number of hydrazone groups is 1. The number of fused-ring (bicyclic) bond motifs is 3. The van der Waals surface area contributed by atoms with E-state index in [1.807, 2.05) is 23.1 Å². The molecule has 6 rings (SSSR count). The lowest BCUT2D eigenvalue weighted by Crippen LogP contribution is -2.63. The summed E-state index contributed by atoms with van der Waals surface area (Å²) in [5.74, 6) is 2.37. The average molecular weight is 547 g/mol. The van der Waals surface area contributed by atoms with Gasteiger partial charge in [0.2, 0.25) is 5.91 Å². The normalized spacial score (nSPS) is 27.9. The summed E-state index contributed by atoms with van der Waals surface area (Å²) >= 11 is 12.9. The summed E-state index contributed by atoms with van der Waals surface area (Å²) in [6.07, 6.45) is 12.5. The second-order valence-corrected chi connectivity index (χ2v) is 11.0. The maximum absolute atomic E-state index is 14.4. The third-order valence-electron chi connectivity index (χ3n) is 8.12. The van der Waals surface area contributed by atoms with Crippen LogP contribution in [0.3, 0.4) is 0 Å². The van der Waals surface area contributed by atoms with Crippen molar-refractivity contribution < 1.29 is 14.7 Å². The zero-order chi connectivity index (χ0) is 26.8. The number of nitrogens with zero attached hydrogens (tertiary/aromatic N) is 3. The van der Waals surface area contributed by atoms with Gasteiger partial charge in [-0.05, 0) is 60.2 Å². The minimum atomic E-state index is -1.22. The first kappa shape index (κ1) is 24.6. The lowest BCUT2D eigenvalue weighted by Gasteiger charge is -2.55. The Kier molecular flexibility index (Phi) is 5.78. The third kappa shape index (κ3) is 3.55. The van der Waals surface area contributed by atoms with Crippen molar-refractivity contribution in [1.29, 1.82) is 0 Å². The summed E-state index contributed by atoms with van der Waals surface area (Å²) in [5.41, 5.74) is 1.13. The molecule has 2 aromatic carbocycles. The van der Waals surface area contributed by atoms with Crippen molar-refractivity contribution in [1.82, 2.24) is 9.91 Å². The molecule has 3 aliphatic heterocycles. The van der Waals surface area contributed by atoms with Crippen molar-refractivity contribution in [3.05, 3.63) is 81.4 Å². The number of carbonyl (C=O) groups excluding carboxylic acids is 2. The lowest BCUT2D eigenvalue weighted by molar-refractivity contribution is -0.136. The summed E-state index contributed by atoms with van der Waals surface area (Å²) in [5, 5.41) is 21.4. The quantitative estimate of drug-likeness (QED) is 0.531. The predicted molar refractivity (Wildman–Crippen MR) is 147 cm³/mol. The van der Waals surface area contributed by atoms with Gasteiger partial charge in [-0.1, -0.05) is 47.3 Å². The van der Waals surface area contributed by atoms with E-state index < -0.39 is 11.5 Å². The molecule has 1 unspecified atom stereocenters. The van der Waals surface area contributed by atoms with Gasteiger partial charge in [-0.15, -0.1) is 6.42 Å². The molecule has 192 valence electrons. The van der Waals surface area contributed by atoms with Crippen LogP contribution in [0, 0.1) is 24.2 Å². The van der Waals surface area contributed by atoms with Gasteiger partial charge >= 0.3 is 0 Å². The van der Waals surface area contributed by atoms with Gasteiger partial charge in [0.05, 0.1) is 6.04 Å². The fourth-order valence-corrected chi connectivity index (χ4v) is 6.93. The van der Waals surface area contributed by atoms with Crippen LogP contribution < -0.4 is 5.32 Å². The van der Waals surface area contributed by atoms with Crippen LogP contribution in [0.25, 0.3) is 0 Å². The first-order valence-electron chi connectivity index (χ1n) is 12.3.